The number of nitrogens with zero attached hydrogens (tertiary/aromatic N) is 1. The topological polar surface area (TPSA) is 65.5 Å². The van der Waals surface area contributed by atoms with Gasteiger partial charge < -0.3 is 9.47 Å². The van der Waals surface area contributed by atoms with E-state index in [1.54, 1.807) is 6.20 Å². The highest BCUT2D eigenvalue weighted by atomic mass is 35.7. The predicted octanol–water partition coefficient (Wildman–Crippen LogP) is 2.20. The van der Waals surface area contributed by atoms with E-state index < -0.39 is 9.05 Å². The lowest BCUT2D eigenvalue weighted by atomic mass is 10.2. The number of benzene rings is 1. The van der Waals surface area contributed by atoms with Crippen LogP contribution in [0.4, 0.5) is 0 Å². The van der Waals surface area contributed by atoms with Crippen LogP contribution < -0.4 is 4.74 Å². The molecule has 1 aromatic heterocycles. The molecule has 0 spiro atoms. The lowest BCUT2D eigenvalue weighted by Crippen LogP contribution is -2.11. The van der Waals surface area contributed by atoms with Gasteiger partial charge in [0.15, 0.2) is 0 Å². The van der Waals surface area contributed by atoms with Crippen molar-refractivity contribution in [1.82, 2.24) is 4.98 Å². The van der Waals surface area contributed by atoms with E-state index in [1.165, 1.54) is 0 Å². The molecule has 2 rings (SSSR count). The second kappa shape index (κ2) is 6.88. The number of halogens is 1. The Morgan fingerprint density at radius 2 is 2.00 bits per heavy atom. The highest BCUT2D eigenvalue weighted by molar-refractivity contribution is 8.13. The molecule has 0 saturated heterocycles. The fraction of sp³-hybridized carbons (Fsp3) is 0.308. The molecule has 0 bridgehead atoms. The van der Waals surface area contributed by atoms with Crippen molar-refractivity contribution in [3.8, 4) is 5.75 Å². The Labute approximate surface area is 121 Å². The summed E-state index contributed by atoms with van der Waals surface area (Å²) >= 11 is 0. The highest BCUT2D eigenvalue weighted by Crippen LogP contribution is 2.18. The maximum atomic E-state index is 10.7. The minimum atomic E-state index is -3.49. The summed E-state index contributed by atoms with van der Waals surface area (Å²) in [5.74, 6) is 0.499. The SMILES string of the molecule is O=S(=O)(Cl)CCOCCOc1ccc2cccnc2c1. The van der Waals surface area contributed by atoms with Gasteiger partial charge >= 0.3 is 0 Å². The maximum Gasteiger partial charge on any atom is 0.234 e. The molecule has 0 radical (unpaired) electrons. The van der Waals surface area contributed by atoms with Crippen LogP contribution in [0.1, 0.15) is 0 Å². The Morgan fingerprint density at radius 1 is 1.15 bits per heavy atom. The molecule has 0 saturated carbocycles. The second-order valence-corrected chi connectivity index (χ2v) is 6.96. The van der Waals surface area contributed by atoms with E-state index in [2.05, 4.69) is 4.98 Å². The lowest BCUT2D eigenvalue weighted by molar-refractivity contribution is 0.111. The molecule has 0 amide bonds. The molecule has 1 aromatic carbocycles. The molecular formula is C13H14ClNO4S. The molecule has 0 fully saturated rings. The van der Waals surface area contributed by atoms with Crippen molar-refractivity contribution in [2.45, 2.75) is 0 Å². The number of aromatic nitrogens is 1. The van der Waals surface area contributed by atoms with Crippen molar-refractivity contribution < 1.29 is 17.9 Å². The highest BCUT2D eigenvalue weighted by Gasteiger charge is 2.04. The molecule has 2 aromatic rings. The number of hydrogen-bond acceptors (Lipinski definition) is 5. The van der Waals surface area contributed by atoms with E-state index in [-0.39, 0.29) is 12.4 Å². The summed E-state index contributed by atoms with van der Waals surface area (Å²) in [4.78, 5) is 4.23. The van der Waals surface area contributed by atoms with Gasteiger partial charge in [-0.15, -0.1) is 0 Å². The van der Waals surface area contributed by atoms with Crippen molar-refractivity contribution in [2.75, 3.05) is 25.6 Å². The van der Waals surface area contributed by atoms with Gasteiger partial charge in [0, 0.05) is 28.3 Å². The summed E-state index contributed by atoms with van der Waals surface area (Å²) in [6.07, 6.45) is 1.72. The molecule has 20 heavy (non-hydrogen) atoms. The van der Waals surface area contributed by atoms with Crippen LogP contribution in [-0.4, -0.2) is 39.0 Å². The Hall–Kier alpha value is -1.37. The molecule has 108 valence electrons. The van der Waals surface area contributed by atoms with Gasteiger partial charge in [0.25, 0.3) is 0 Å². The molecule has 1 heterocycles. The standard InChI is InChI=1S/C13H14ClNO4S/c14-20(16,17)9-8-18-6-7-19-12-4-3-11-2-1-5-15-13(11)10-12/h1-5,10H,6-9H2. The van der Waals surface area contributed by atoms with Crippen molar-refractivity contribution in [2.24, 2.45) is 0 Å². The summed E-state index contributed by atoms with van der Waals surface area (Å²) in [5, 5.41) is 1.04. The second-order valence-electron chi connectivity index (χ2n) is 4.06. The Kier molecular flexibility index (Phi) is 5.17. The van der Waals surface area contributed by atoms with Crippen LogP contribution in [0.15, 0.2) is 36.5 Å². The van der Waals surface area contributed by atoms with Crippen LogP contribution >= 0.6 is 10.7 Å². The largest absolute Gasteiger partial charge is 0.491 e. The van der Waals surface area contributed by atoms with Gasteiger partial charge in [0.1, 0.15) is 12.4 Å². The van der Waals surface area contributed by atoms with Crippen molar-refractivity contribution in [1.29, 1.82) is 0 Å². The van der Waals surface area contributed by atoms with Gasteiger partial charge in [-0.1, -0.05) is 6.07 Å². The van der Waals surface area contributed by atoms with E-state index in [0.29, 0.717) is 19.0 Å². The predicted molar refractivity (Wildman–Crippen MR) is 77.7 cm³/mol. The molecule has 7 heteroatoms. The monoisotopic (exact) mass is 315 g/mol. The van der Waals surface area contributed by atoms with Gasteiger partial charge in [-0.25, -0.2) is 8.42 Å². The summed E-state index contributed by atoms with van der Waals surface area (Å²) in [5.41, 5.74) is 0.860. The summed E-state index contributed by atoms with van der Waals surface area (Å²) in [7, 11) is 1.56. The van der Waals surface area contributed by atoms with E-state index in [1.807, 2.05) is 30.3 Å². The van der Waals surface area contributed by atoms with E-state index in [9.17, 15) is 8.42 Å². The fourth-order valence-corrected chi connectivity index (χ4v) is 2.12. The zero-order valence-electron chi connectivity index (χ0n) is 10.7. The molecule has 5 nitrogen and oxygen atoms in total. The molecule has 0 atom stereocenters. The third-order valence-electron chi connectivity index (χ3n) is 2.55. The summed E-state index contributed by atoms with van der Waals surface area (Å²) in [6, 6.07) is 9.48. The van der Waals surface area contributed by atoms with Crippen LogP contribution in [0.3, 0.4) is 0 Å². The third kappa shape index (κ3) is 4.96. The maximum absolute atomic E-state index is 10.7. The molecule has 0 unspecified atom stereocenters. The lowest BCUT2D eigenvalue weighted by Gasteiger charge is -2.07. The Balaban J connectivity index is 1.76. The number of fused-ring (bicyclic) bond motifs is 1. The van der Waals surface area contributed by atoms with Crippen molar-refractivity contribution in [3.63, 3.8) is 0 Å². The average molecular weight is 316 g/mol. The third-order valence-corrected chi connectivity index (χ3v) is 3.66. The first-order valence-electron chi connectivity index (χ1n) is 6.02. The molecule has 0 aliphatic carbocycles. The molecule has 0 N–H and O–H groups in total. The Morgan fingerprint density at radius 3 is 2.80 bits per heavy atom. The zero-order valence-corrected chi connectivity index (χ0v) is 12.2. The minimum Gasteiger partial charge on any atom is -0.491 e. The number of ether oxygens (including phenoxy) is 2. The van der Waals surface area contributed by atoms with Gasteiger partial charge in [0.2, 0.25) is 9.05 Å². The number of hydrogen-bond donors (Lipinski definition) is 0. The smallest absolute Gasteiger partial charge is 0.234 e. The van der Waals surface area contributed by atoms with Gasteiger partial charge in [-0.3, -0.25) is 4.98 Å². The zero-order chi connectivity index (χ0) is 14.4. The van der Waals surface area contributed by atoms with Crippen molar-refractivity contribution in [3.05, 3.63) is 36.5 Å². The van der Waals surface area contributed by atoms with E-state index in [0.717, 1.165) is 10.9 Å². The number of rotatable bonds is 7. The van der Waals surface area contributed by atoms with E-state index >= 15 is 0 Å². The summed E-state index contributed by atoms with van der Waals surface area (Å²) < 4.78 is 31.9. The molecule has 0 aliphatic heterocycles. The summed E-state index contributed by atoms with van der Waals surface area (Å²) in [6.45, 7) is 0.696. The minimum absolute atomic E-state index is 0.0640. The van der Waals surface area contributed by atoms with Crippen LogP contribution in [0, 0.1) is 0 Å². The number of pyridine rings is 1. The molecule has 0 aliphatic rings. The molecular weight excluding hydrogens is 302 g/mol. The Bertz CT molecular complexity index is 675. The van der Waals surface area contributed by atoms with Crippen LogP contribution in [0.2, 0.25) is 0 Å². The fourth-order valence-electron chi connectivity index (χ4n) is 1.62. The van der Waals surface area contributed by atoms with Crippen LogP contribution in [0.5, 0.6) is 5.75 Å². The van der Waals surface area contributed by atoms with Gasteiger partial charge in [-0.2, -0.15) is 0 Å². The quantitative estimate of drug-likeness (QED) is 0.579. The van der Waals surface area contributed by atoms with Crippen molar-refractivity contribution >= 4 is 30.6 Å². The first-order valence-corrected chi connectivity index (χ1v) is 8.50. The van der Waals surface area contributed by atoms with Crippen LogP contribution in [0.25, 0.3) is 10.9 Å². The van der Waals surface area contributed by atoms with Gasteiger partial charge in [-0.05, 0) is 18.2 Å². The first-order chi connectivity index (χ1) is 9.54. The normalized spacial score (nSPS) is 11.7. The van der Waals surface area contributed by atoms with Gasteiger partial charge in [0.05, 0.1) is 24.5 Å². The van der Waals surface area contributed by atoms with E-state index in [4.69, 9.17) is 20.2 Å². The average Bonchev–Trinajstić information content (AvgIpc) is 2.41. The first kappa shape index (κ1) is 15.0. The van der Waals surface area contributed by atoms with Crippen LogP contribution in [-0.2, 0) is 13.8 Å².